The number of aliphatic hydroxyl groups excluding tert-OH is 1. The Morgan fingerprint density at radius 1 is 1.44 bits per heavy atom. The van der Waals surface area contributed by atoms with Gasteiger partial charge in [-0.05, 0) is 18.1 Å². The molecule has 6 heteroatoms. The number of amides is 1. The average molecular weight is 291 g/mol. The molecule has 1 unspecified atom stereocenters. The molecule has 100 valence electrons. The van der Waals surface area contributed by atoms with Gasteiger partial charge >= 0.3 is 0 Å². The molecule has 0 aliphatic heterocycles. The molecule has 0 bridgehead atoms. The molecule has 1 aromatic rings. The van der Waals surface area contributed by atoms with E-state index in [-0.39, 0.29) is 40.2 Å². The number of nitrogens with two attached hydrogens (primary N) is 1. The summed E-state index contributed by atoms with van der Waals surface area (Å²) in [4.78, 5) is 12.0. The van der Waals surface area contributed by atoms with Crippen molar-refractivity contribution in [2.45, 2.75) is 19.9 Å². The van der Waals surface area contributed by atoms with Crippen LogP contribution in [0.3, 0.4) is 0 Å². The molecule has 0 aromatic heterocycles. The fourth-order valence-corrected chi connectivity index (χ4v) is 1.75. The predicted molar refractivity (Wildman–Crippen MR) is 74.1 cm³/mol. The van der Waals surface area contributed by atoms with E-state index in [1.165, 1.54) is 12.1 Å². The van der Waals surface area contributed by atoms with Crippen molar-refractivity contribution in [3.05, 3.63) is 27.7 Å². The van der Waals surface area contributed by atoms with Crippen LogP contribution in [0.2, 0.25) is 10.0 Å². The number of rotatable bonds is 4. The Hall–Kier alpha value is -0.970. The molecule has 1 amide bonds. The number of anilines is 1. The first-order valence-electron chi connectivity index (χ1n) is 5.53. The van der Waals surface area contributed by atoms with Gasteiger partial charge in [0.15, 0.2) is 0 Å². The summed E-state index contributed by atoms with van der Waals surface area (Å²) in [7, 11) is 0. The second-order valence-corrected chi connectivity index (χ2v) is 5.15. The maximum atomic E-state index is 12.0. The first kappa shape index (κ1) is 15.1. The van der Waals surface area contributed by atoms with E-state index >= 15 is 0 Å². The third kappa shape index (κ3) is 3.51. The number of hydrogen-bond donors (Lipinski definition) is 3. The van der Waals surface area contributed by atoms with Gasteiger partial charge in [-0.1, -0.05) is 37.0 Å². The van der Waals surface area contributed by atoms with Gasteiger partial charge in [0, 0.05) is 5.56 Å². The minimum Gasteiger partial charge on any atom is -0.397 e. The van der Waals surface area contributed by atoms with E-state index < -0.39 is 0 Å². The molecule has 18 heavy (non-hydrogen) atoms. The fourth-order valence-electron chi connectivity index (χ4n) is 1.42. The van der Waals surface area contributed by atoms with Crippen LogP contribution in [0.15, 0.2) is 12.1 Å². The van der Waals surface area contributed by atoms with Crippen LogP contribution < -0.4 is 11.1 Å². The van der Waals surface area contributed by atoms with Crippen molar-refractivity contribution in [2.24, 2.45) is 5.92 Å². The number of hydrogen-bond acceptors (Lipinski definition) is 3. The Labute approximate surface area is 116 Å². The Balaban J connectivity index is 2.91. The van der Waals surface area contributed by atoms with Gasteiger partial charge in [-0.25, -0.2) is 0 Å². The van der Waals surface area contributed by atoms with Crippen LogP contribution in [0.5, 0.6) is 0 Å². The summed E-state index contributed by atoms with van der Waals surface area (Å²) in [5, 5.41) is 12.3. The molecule has 0 saturated carbocycles. The van der Waals surface area contributed by atoms with E-state index in [9.17, 15) is 4.79 Å². The Morgan fingerprint density at radius 2 is 2.06 bits per heavy atom. The van der Waals surface area contributed by atoms with Crippen LogP contribution >= 0.6 is 23.2 Å². The molecule has 0 spiro atoms. The Kier molecular flexibility index (Phi) is 5.26. The molecule has 1 atom stereocenters. The maximum absolute atomic E-state index is 12.0. The normalized spacial score (nSPS) is 12.6. The number of carbonyl (C=O) groups excluding carboxylic acids is 1. The summed E-state index contributed by atoms with van der Waals surface area (Å²) in [6.07, 6.45) is 0. The van der Waals surface area contributed by atoms with E-state index in [0.717, 1.165) is 0 Å². The Morgan fingerprint density at radius 3 is 2.50 bits per heavy atom. The predicted octanol–water partition coefficient (Wildman–Crippen LogP) is 2.32. The number of aliphatic hydroxyl groups is 1. The second-order valence-electron chi connectivity index (χ2n) is 4.37. The fraction of sp³-hybridized carbons (Fsp3) is 0.417. The first-order valence-corrected chi connectivity index (χ1v) is 6.28. The van der Waals surface area contributed by atoms with Crippen molar-refractivity contribution in [1.29, 1.82) is 0 Å². The number of halogens is 2. The summed E-state index contributed by atoms with van der Waals surface area (Å²) in [5.41, 5.74) is 6.21. The molecule has 0 aliphatic rings. The highest BCUT2D eigenvalue weighted by molar-refractivity contribution is 6.43. The van der Waals surface area contributed by atoms with Crippen molar-refractivity contribution >= 4 is 34.8 Å². The second kappa shape index (κ2) is 6.27. The molecule has 1 rings (SSSR count). The number of nitrogen functional groups attached to an aromatic ring is 1. The summed E-state index contributed by atoms with van der Waals surface area (Å²) in [6.45, 7) is 3.69. The van der Waals surface area contributed by atoms with E-state index in [2.05, 4.69) is 5.32 Å². The van der Waals surface area contributed by atoms with E-state index in [4.69, 9.17) is 34.0 Å². The number of benzene rings is 1. The summed E-state index contributed by atoms with van der Waals surface area (Å²) in [6, 6.07) is 2.59. The third-order valence-corrected chi connectivity index (χ3v) is 3.45. The lowest BCUT2D eigenvalue weighted by Crippen LogP contribution is -2.41. The van der Waals surface area contributed by atoms with Crippen LogP contribution in [0.25, 0.3) is 0 Å². The lowest BCUT2D eigenvalue weighted by molar-refractivity contribution is 0.0897. The first-order chi connectivity index (χ1) is 8.36. The Bertz CT molecular complexity index is 427. The zero-order valence-corrected chi connectivity index (χ0v) is 11.7. The topological polar surface area (TPSA) is 75.3 Å². The largest absolute Gasteiger partial charge is 0.397 e. The highest BCUT2D eigenvalue weighted by Crippen LogP contribution is 2.29. The molecule has 0 radical (unpaired) electrons. The van der Waals surface area contributed by atoms with E-state index in [1.807, 2.05) is 13.8 Å². The summed E-state index contributed by atoms with van der Waals surface area (Å²) < 4.78 is 0. The SMILES string of the molecule is CC(C)C(CO)NC(=O)c1cc(N)c(Cl)c(Cl)c1. The molecule has 1 aromatic carbocycles. The molecule has 4 nitrogen and oxygen atoms in total. The standard InChI is InChI=1S/C12H16Cl2N2O2/c1-6(2)10(5-17)16-12(18)7-3-8(13)11(14)9(15)4-7/h3-4,6,10,17H,5,15H2,1-2H3,(H,16,18). The quantitative estimate of drug-likeness (QED) is 0.745. The molecule has 0 heterocycles. The van der Waals surface area contributed by atoms with Gasteiger partial charge in [-0.3, -0.25) is 4.79 Å². The third-order valence-electron chi connectivity index (χ3n) is 2.64. The van der Waals surface area contributed by atoms with Crippen LogP contribution in [0.4, 0.5) is 5.69 Å². The van der Waals surface area contributed by atoms with Gasteiger partial charge in [0.05, 0.1) is 28.4 Å². The molecule has 0 saturated heterocycles. The smallest absolute Gasteiger partial charge is 0.251 e. The van der Waals surface area contributed by atoms with Crippen LogP contribution in [-0.4, -0.2) is 23.7 Å². The zero-order chi connectivity index (χ0) is 13.9. The lowest BCUT2D eigenvalue weighted by Gasteiger charge is -2.20. The minimum absolute atomic E-state index is 0.124. The zero-order valence-electron chi connectivity index (χ0n) is 10.2. The van der Waals surface area contributed by atoms with Gasteiger partial charge in [-0.15, -0.1) is 0 Å². The summed E-state index contributed by atoms with van der Waals surface area (Å²) in [5.74, 6) is -0.216. The molecular formula is C12H16Cl2N2O2. The van der Waals surface area contributed by atoms with Gasteiger partial charge in [-0.2, -0.15) is 0 Å². The van der Waals surface area contributed by atoms with Crippen LogP contribution in [-0.2, 0) is 0 Å². The van der Waals surface area contributed by atoms with Crippen molar-refractivity contribution in [3.8, 4) is 0 Å². The molecule has 4 N–H and O–H groups in total. The van der Waals surface area contributed by atoms with Gasteiger partial charge in [0.25, 0.3) is 5.91 Å². The van der Waals surface area contributed by atoms with Gasteiger partial charge in [0.1, 0.15) is 0 Å². The monoisotopic (exact) mass is 290 g/mol. The number of carbonyl (C=O) groups is 1. The highest BCUT2D eigenvalue weighted by atomic mass is 35.5. The van der Waals surface area contributed by atoms with E-state index in [1.54, 1.807) is 0 Å². The summed E-state index contributed by atoms with van der Waals surface area (Å²) >= 11 is 11.7. The van der Waals surface area contributed by atoms with Crippen LogP contribution in [0.1, 0.15) is 24.2 Å². The number of nitrogens with one attached hydrogen (secondary N) is 1. The minimum atomic E-state index is -0.340. The van der Waals surface area contributed by atoms with E-state index in [0.29, 0.717) is 5.56 Å². The lowest BCUT2D eigenvalue weighted by atomic mass is 10.0. The molecule has 0 fully saturated rings. The van der Waals surface area contributed by atoms with Gasteiger partial charge in [0.2, 0.25) is 0 Å². The van der Waals surface area contributed by atoms with Crippen molar-refractivity contribution in [2.75, 3.05) is 12.3 Å². The van der Waals surface area contributed by atoms with Crippen molar-refractivity contribution < 1.29 is 9.90 Å². The maximum Gasteiger partial charge on any atom is 0.251 e. The highest BCUT2D eigenvalue weighted by Gasteiger charge is 2.17. The average Bonchev–Trinajstić information content (AvgIpc) is 2.31. The molecular weight excluding hydrogens is 275 g/mol. The molecule has 0 aliphatic carbocycles. The van der Waals surface area contributed by atoms with Gasteiger partial charge < -0.3 is 16.2 Å². The van der Waals surface area contributed by atoms with Crippen molar-refractivity contribution in [1.82, 2.24) is 5.32 Å². The van der Waals surface area contributed by atoms with Crippen LogP contribution in [0, 0.1) is 5.92 Å². The van der Waals surface area contributed by atoms with Crippen molar-refractivity contribution in [3.63, 3.8) is 0 Å².